The molecule has 4 bridgehead atoms. The molecule has 0 saturated heterocycles. The number of hydrogen-bond acceptors (Lipinski definition) is 2. The first-order valence-corrected chi connectivity index (χ1v) is 10.9. The van der Waals surface area contributed by atoms with Crippen LogP contribution in [0, 0.1) is 17.8 Å². The molecular weight excluding hydrogens is 322 g/mol. The number of hydrogen-bond donors (Lipinski definition) is 0. The number of thiazole rings is 1. The van der Waals surface area contributed by atoms with Gasteiger partial charge in [0.25, 0.3) is 0 Å². The van der Waals surface area contributed by atoms with Crippen LogP contribution in [0.5, 0.6) is 0 Å². The van der Waals surface area contributed by atoms with E-state index in [1.807, 2.05) is 11.3 Å². The average Bonchev–Trinajstić information content (AvgIpc) is 3.04. The van der Waals surface area contributed by atoms with Gasteiger partial charge >= 0.3 is 0 Å². The fraction of sp³-hybridized carbons (Fsp3) is 0.609. The molecule has 25 heavy (non-hydrogen) atoms. The third-order valence-electron chi connectivity index (χ3n) is 7.08. The van der Waals surface area contributed by atoms with Crippen LogP contribution in [0.1, 0.15) is 70.6 Å². The number of nitrogens with zero attached hydrogens (tertiary/aromatic N) is 1. The van der Waals surface area contributed by atoms with Gasteiger partial charge < -0.3 is 0 Å². The van der Waals surface area contributed by atoms with Crippen molar-refractivity contribution in [3.05, 3.63) is 40.9 Å². The summed E-state index contributed by atoms with van der Waals surface area (Å²) in [5.74, 6) is 2.97. The lowest BCUT2D eigenvalue weighted by atomic mass is 9.49. The van der Waals surface area contributed by atoms with Gasteiger partial charge in [-0.05, 0) is 67.3 Å². The van der Waals surface area contributed by atoms with Crippen LogP contribution in [-0.2, 0) is 10.8 Å². The van der Waals surface area contributed by atoms with Crippen molar-refractivity contribution in [1.82, 2.24) is 4.98 Å². The van der Waals surface area contributed by atoms with Crippen molar-refractivity contribution in [3.8, 4) is 10.6 Å². The van der Waals surface area contributed by atoms with Gasteiger partial charge in [0.15, 0.2) is 0 Å². The zero-order chi connectivity index (χ0) is 17.2. The first-order valence-electron chi connectivity index (χ1n) is 9.98. The van der Waals surface area contributed by atoms with Gasteiger partial charge in [-0.15, -0.1) is 11.3 Å². The Labute approximate surface area is 155 Å². The summed E-state index contributed by atoms with van der Waals surface area (Å²) in [4.78, 5) is 5.18. The van der Waals surface area contributed by atoms with Crippen molar-refractivity contribution in [1.29, 1.82) is 0 Å². The van der Waals surface area contributed by atoms with Crippen LogP contribution in [0.25, 0.3) is 10.6 Å². The maximum atomic E-state index is 5.18. The van der Waals surface area contributed by atoms with E-state index in [4.69, 9.17) is 4.98 Å². The maximum absolute atomic E-state index is 5.18. The molecule has 0 radical (unpaired) electrons. The van der Waals surface area contributed by atoms with Crippen molar-refractivity contribution in [2.75, 3.05) is 0 Å². The average molecular weight is 352 g/mol. The standard InChI is InChI=1S/C23H29NS/c1-22(2,3)19-6-4-18(5-7-19)21-24-20(14-25-21)23-11-15-8-16(12-23)10-17(9-15)13-23/h4-7,14-17H,8-13H2,1-3H3. The zero-order valence-electron chi connectivity index (χ0n) is 15.7. The Kier molecular flexibility index (Phi) is 3.48. The fourth-order valence-corrected chi connectivity index (χ4v) is 7.14. The Morgan fingerprint density at radius 1 is 0.920 bits per heavy atom. The SMILES string of the molecule is CC(C)(C)c1ccc(-c2nc(C34CC5CC(CC(C5)C3)C4)cs2)cc1. The summed E-state index contributed by atoms with van der Waals surface area (Å²) in [6.07, 6.45) is 8.74. The highest BCUT2D eigenvalue weighted by Gasteiger charge is 2.52. The van der Waals surface area contributed by atoms with E-state index in [9.17, 15) is 0 Å². The van der Waals surface area contributed by atoms with Crippen molar-refractivity contribution >= 4 is 11.3 Å². The Morgan fingerprint density at radius 3 is 2.00 bits per heavy atom. The molecule has 4 aliphatic rings. The molecular formula is C23H29NS. The van der Waals surface area contributed by atoms with Crippen LogP contribution < -0.4 is 0 Å². The summed E-state index contributed by atoms with van der Waals surface area (Å²) in [6.45, 7) is 6.82. The van der Waals surface area contributed by atoms with Crippen LogP contribution in [0.4, 0.5) is 0 Å². The van der Waals surface area contributed by atoms with Crippen LogP contribution in [0.15, 0.2) is 29.6 Å². The minimum atomic E-state index is 0.214. The van der Waals surface area contributed by atoms with E-state index in [-0.39, 0.29) is 5.41 Å². The van der Waals surface area contributed by atoms with Crippen molar-refractivity contribution in [3.63, 3.8) is 0 Å². The largest absolute Gasteiger partial charge is 0.241 e. The predicted octanol–water partition coefficient (Wildman–Crippen LogP) is 6.58. The Balaban J connectivity index is 1.44. The molecule has 0 amide bonds. The summed E-state index contributed by atoms with van der Waals surface area (Å²) < 4.78 is 0. The van der Waals surface area contributed by atoms with E-state index >= 15 is 0 Å². The molecule has 4 aliphatic carbocycles. The molecule has 4 fully saturated rings. The molecule has 0 atom stereocenters. The normalized spacial score (nSPS) is 33.8. The van der Waals surface area contributed by atoms with E-state index in [1.165, 1.54) is 60.4 Å². The van der Waals surface area contributed by atoms with Gasteiger partial charge in [-0.25, -0.2) is 4.98 Å². The summed E-state index contributed by atoms with van der Waals surface area (Å²) in [7, 11) is 0. The second kappa shape index (κ2) is 5.42. The lowest BCUT2D eigenvalue weighted by Gasteiger charge is -2.56. The first-order chi connectivity index (χ1) is 11.9. The van der Waals surface area contributed by atoms with Crippen molar-refractivity contribution in [2.24, 2.45) is 17.8 Å². The molecule has 2 heteroatoms. The van der Waals surface area contributed by atoms with Gasteiger partial charge in [-0.2, -0.15) is 0 Å². The Hall–Kier alpha value is -1.15. The summed E-state index contributed by atoms with van der Waals surface area (Å²) in [5.41, 5.74) is 4.75. The third kappa shape index (κ3) is 2.68. The highest BCUT2D eigenvalue weighted by atomic mass is 32.1. The molecule has 1 aromatic heterocycles. The monoisotopic (exact) mass is 351 g/mol. The fourth-order valence-electron chi connectivity index (χ4n) is 6.19. The molecule has 0 aliphatic heterocycles. The highest BCUT2D eigenvalue weighted by Crippen LogP contribution is 2.60. The van der Waals surface area contributed by atoms with Crippen LogP contribution in [0.3, 0.4) is 0 Å². The first kappa shape index (κ1) is 16.1. The maximum Gasteiger partial charge on any atom is 0.123 e. The molecule has 6 rings (SSSR count). The smallest absolute Gasteiger partial charge is 0.123 e. The Bertz CT molecular complexity index is 742. The van der Waals surface area contributed by atoms with Crippen LogP contribution in [0.2, 0.25) is 0 Å². The van der Waals surface area contributed by atoms with E-state index < -0.39 is 0 Å². The minimum absolute atomic E-state index is 0.214. The van der Waals surface area contributed by atoms with Crippen molar-refractivity contribution in [2.45, 2.75) is 70.1 Å². The molecule has 0 unspecified atom stereocenters. The second-order valence-corrected chi connectivity index (χ2v) is 10.9. The highest BCUT2D eigenvalue weighted by molar-refractivity contribution is 7.13. The molecule has 132 valence electrons. The molecule has 1 heterocycles. The quantitative estimate of drug-likeness (QED) is 0.596. The third-order valence-corrected chi connectivity index (χ3v) is 7.98. The van der Waals surface area contributed by atoms with Gasteiger partial charge in [0, 0.05) is 16.4 Å². The van der Waals surface area contributed by atoms with Gasteiger partial charge in [-0.3, -0.25) is 0 Å². The van der Waals surface area contributed by atoms with Crippen molar-refractivity contribution < 1.29 is 0 Å². The summed E-state index contributed by atoms with van der Waals surface area (Å²) in [5, 5.41) is 3.60. The Morgan fingerprint density at radius 2 is 1.48 bits per heavy atom. The minimum Gasteiger partial charge on any atom is -0.241 e. The molecule has 4 saturated carbocycles. The second-order valence-electron chi connectivity index (χ2n) is 10.1. The predicted molar refractivity (Wildman–Crippen MR) is 106 cm³/mol. The van der Waals surface area contributed by atoms with E-state index in [1.54, 1.807) is 0 Å². The molecule has 1 aromatic carbocycles. The van der Waals surface area contributed by atoms with E-state index in [0.717, 1.165) is 17.8 Å². The number of benzene rings is 1. The number of aromatic nitrogens is 1. The molecule has 2 aromatic rings. The summed E-state index contributed by atoms with van der Waals surface area (Å²) in [6, 6.07) is 9.09. The zero-order valence-corrected chi connectivity index (χ0v) is 16.5. The molecule has 1 nitrogen and oxygen atoms in total. The van der Waals surface area contributed by atoms with Gasteiger partial charge in [0.1, 0.15) is 5.01 Å². The number of rotatable bonds is 2. The van der Waals surface area contributed by atoms with Gasteiger partial charge in [0.05, 0.1) is 5.69 Å². The topological polar surface area (TPSA) is 12.9 Å². The molecule has 0 spiro atoms. The van der Waals surface area contributed by atoms with Crippen LogP contribution >= 0.6 is 11.3 Å². The lowest BCUT2D eigenvalue weighted by Crippen LogP contribution is -2.48. The lowest BCUT2D eigenvalue weighted by molar-refractivity contribution is -0.00689. The molecule has 0 N–H and O–H groups in total. The van der Waals surface area contributed by atoms with Crippen LogP contribution in [-0.4, -0.2) is 4.98 Å². The van der Waals surface area contributed by atoms with Gasteiger partial charge in [-0.1, -0.05) is 45.0 Å². The van der Waals surface area contributed by atoms with E-state index in [0.29, 0.717) is 5.41 Å². The summed E-state index contributed by atoms with van der Waals surface area (Å²) >= 11 is 1.85. The van der Waals surface area contributed by atoms with E-state index in [2.05, 4.69) is 50.4 Å². The van der Waals surface area contributed by atoms with Gasteiger partial charge in [0.2, 0.25) is 0 Å².